The van der Waals surface area contributed by atoms with E-state index in [1.165, 1.54) is 18.3 Å². The molecule has 9 nitrogen and oxygen atoms in total. The summed E-state index contributed by atoms with van der Waals surface area (Å²) < 4.78 is 5.19. The van der Waals surface area contributed by atoms with Crippen molar-refractivity contribution in [3.8, 4) is 0 Å². The molecule has 0 aliphatic carbocycles. The Morgan fingerprint density at radius 2 is 2.07 bits per heavy atom. The van der Waals surface area contributed by atoms with Crippen molar-refractivity contribution >= 4 is 45.2 Å². The van der Waals surface area contributed by atoms with Crippen molar-refractivity contribution in [1.29, 1.82) is 0 Å². The van der Waals surface area contributed by atoms with Crippen LogP contribution in [0.3, 0.4) is 0 Å². The second kappa shape index (κ2) is 9.28. The van der Waals surface area contributed by atoms with Crippen LogP contribution < -0.4 is 10.2 Å². The van der Waals surface area contributed by atoms with Gasteiger partial charge in [0.2, 0.25) is 5.91 Å². The van der Waals surface area contributed by atoms with Crippen molar-refractivity contribution in [1.82, 2.24) is 20.5 Å². The third kappa shape index (κ3) is 4.96. The van der Waals surface area contributed by atoms with E-state index in [1.807, 2.05) is 25.1 Å². The highest BCUT2D eigenvalue weighted by Crippen LogP contribution is 2.21. The zero-order chi connectivity index (χ0) is 20.8. The van der Waals surface area contributed by atoms with E-state index in [-0.39, 0.29) is 37.1 Å². The number of carbonyl (C=O) groups excluding carboxylic acids is 3. The lowest BCUT2D eigenvalue weighted by Crippen LogP contribution is -2.27. The summed E-state index contributed by atoms with van der Waals surface area (Å²) >= 11 is 1.32. The van der Waals surface area contributed by atoms with Gasteiger partial charge in [0, 0.05) is 30.8 Å². The Hall–Kier alpha value is -3.27. The van der Waals surface area contributed by atoms with Crippen molar-refractivity contribution in [3.05, 3.63) is 41.0 Å². The number of amides is 2. The second-order valence-electron chi connectivity index (χ2n) is 6.17. The number of thiazole rings is 1. The number of ether oxygens (including phenoxy) is 1. The number of esters is 1. The van der Waals surface area contributed by atoms with E-state index >= 15 is 0 Å². The Morgan fingerprint density at radius 3 is 2.83 bits per heavy atom. The van der Waals surface area contributed by atoms with Gasteiger partial charge in [-0.1, -0.05) is 18.2 Å². The normalized spacial score (nSPS) is 10.7. The largest absolute Gasteiger partial charge is 0.459 e. The summed E-state index contributed by atoms with van der Waals surface area (Å²) in [6, 6.07) is 7.31. The van der Waals surface area contributed by atoms with Crippen LogP contribution in [0.1, 0.15) is 36.5 Å². The number of aromatic amines is 1. The summed E-state index contributed by atoms with van der Waals surface area (Å²) in [7, 11) is 0. The summed E-state index contributed by atoms with van der Waals surface area (Å²) in [6.45, 7) is 4.01. The SMILES string of the molecule is CCN(C(C)=O)c1nc(COC(=O)CCNC(=O)c2n[nH]c3ccccc23)cs1. The third-order valence-electron chi connectivity index (χ3n) is 4.15. The van der Waals surface area contributed by atoms with Crippen molar-refractivity contribution < 1.29 is 19.1 Å². The molecule has 10 heteroatoms. The molecule has 1 aromatic carbocycles. The summed E-state index contributed by atoms with van der Waals surface area (Å²) in [5.74, 6) is -0.903. The van der Waals surface area contributed by atoms with Crippen LogP contribution in [0.4, 0.5) is 5.13 Å². The van der Waals surface area contributed by atoms with Crippen LogP contribution in [0.25, 0.3) is 10.9 Å². The number of nitrogens with zero attached hydrogens (tertiary/aromatic N) is 3. The minimum absolute atomic E-state index is 0.0166. The highest BCUT2D eigenvalue weighted by molar-refractivity contribution is 7.14. The number of hydrogen-bond acceptors (Lipinski definition) is 7. The number of carbonyl (C=O) groups is 3. The molecular formula is C19H21N5O4S. The first-order valence-electron chi connectivity index (χ1n) is 9.09. The van der Waals surface area contributed by atoms with E-state index < -0.39 is 5.97 Å². The van der Waals surface area contributed by atoms with Crippen molar-refractivity contribution in [2.45, 2.75) is 26.9 Å². The van der Waals surface area contributed by atoms with E-state index in [0.717, 1.165) is 10.9 Å². The topological polar surface area (TPSA) is 117 Å². The smallest absolute Gasteiger partial charge is 0.307 e. The maximum Gasteiger partial charge on any atom is 0.307 e. The summed E-state index contributed by atoms with van der Waals surface area (Å²) in [5, 5.41) is 12.5. The van der Waals surface area contributed by atoms with E-state index in [9.17, 15) is 14.4 Å². The maximum atomic E-state index is 12.2. The Kier molecular flexibility index (Phi) is 6.55. The number of nitrogens with one attached hydrogen (secondary N) is 2. The van der Waals surface area contributed by atoms with Gasteiger partial charge in [0.25, 0.3) is 5.91 Å². The van der Waals surface area contributed by atoms with Crippen molar-refractivity contribution in [3.63, 3.8) is 0 Å². The highest BCUT2D eigenvalue weighted by Gasteiger charge is 2.16. The van der Waals surface area contributed by atoms with Gasteiger partial charge in [0.15, 0.2) is 10.8 Å². The molecule has 0 saturated carbocycles. The predicted octanol–water partition coefficient (Wildman–Crippen LogP) is 2.26. The number of para-hydroxylation sites is 1. The summed E-state index contributed by atoms with van der Waals surface area (Å²) in [4.78, 5) is 41.6. The molecule has 3 aromatic rings. The van der Waals surface area contributed by atoms with Crippen molar-refractivity contribution in [2.75, 3.05) is 18.0 Å². The highest BCUT2D eigenvalue weighted by atomic mass is 32.1. The molecular weight excluding hydrogens is 394 g/mol. The second-order valence-corrected chi connectivity index (χ2v) is 7.01. The lowest BCUT2D eigenvalue weighted by Gasteiger charge is -2.14. The van der Waals surface area contributed by atoms with Gasteiger partial charge in [-0.25, -0.2) is 4.98 Å². The number of fused-ring (bicyclic) bond motifs is 1. The molecule has 0 saturated heterocycles. The fourth-order valence-electron chi connectivity index (χ4n) is 2.70. The van der Waals surface area contributed by atoms with Crippen LogP contribution in [0.15, 0.2) is 29.6 Å². The fraction of sp³-hybridized carbons (Fsp3) is 0.316. The molecule has 152 valence electrons. The van der Waals surface area contributed by atoms with Gasteiger partial charge in [-0.2, -0.15) is 5.10 Å². The Morgan fingerprint density at radius 1 is 1.28 bits per heavy atom. The van der Waals surface area contributed by atoms with Gasteiger partial charge in [-0.3, -0.25) is 24.4 Å². The van der Waals surface area contributed by atoms with E-state index in [1.54, 1.807) is 16.3 Å². The van der Waals surface area contributed by atoms with Crippen LogP contribution >= 0.6 is 11.3 Å². The first-order valence-corrected chi connectivity index (χ1v) is 9.97. The van der Waals surface area contributed by atoms with Gasteiger partial charge in [-0.15, -0.1) is 11.3 Å². The molecule has 0 unspecified atom stereocenters. The molecule has 0 atom stereocenters. The van der Waals surface area contributed by atoms with Gasteiger partial charge < -0.3 is 10.1 Å². The maximum absolute atomic E-state index is 12.2. The lowest BCUT2D eigenvalue weighted by molar-refractivity contribution is -0.144. The third-order valence-corrected chi connectivity index (χ3v) is 5.06. The molecule has 29 heavy (non-hydrogen) atoms. The van der Waals surface area contributed by atoms with Crippen LogP contribution in [0.5, 0.6) is 0 Å². The molecule has 0 bridgehead atoms. The van der Waals surface area contributed by atoms with Gasteiger partial charge in [0.05, 0.1) is 17.6 Å². The van der Waals surface area contributed by atoms with E-state index in [0.29, 0.717) is 17.4 Å². The monoisotopic (exact) mass is 415 g/mol. The minimum Gasteiger partial charge on any atom is -0.459 e. The molecule has 2 heterocycles. The first kappa shape index (κ1) is 20.5. The lowest BCUT2D eigenvalue weighted by atomic mass is 10.2. The minimum atomic E-state index is -0.453. The van der Waals surface area contributed by atoms with Gasteiger partial charge in [-0.05, 0) is 13.0 Å². The molecule has 0 aliphatic heterocycles. The number of aromatic nitrogens is 3. The van der Waals surface area contributed by atoms with Crippen LogP contribution in [-0.4, -0.2) is 46.1 Å². The zero-order valence-electron chi connectivity index (χ0n) is 16.1. The van der Waals surface area contributed by atoms with Crippen LogP contribution in [0, 0.1) is 0 Å². The Balaban J connectivity index is 1.44. The average Bonchev–Trinajstić information content (AvgIpc) is 3.34. The number of H-pyrrole nitrogens is 1. The number of rotatable bonds is 8. The molecule has 0 aliphatic rings. The molecule has 2 amide bonds. The molecule has 0 radical (unpaired) electrons. The number of benzene rings is 1. The Bertz CT molecular complexity index is 1030. The van der Waals surface area contributed by atoms with Gasteiger partial charge in [0.1, 0.15) is 6.61 Å². The van der Waals surface area contributed by atoms with Crippen LogP contribution in [-0.2, 0) is 20.9 Å². The predicted molar refractivity (Wildman–Crippen MR) is 109 cm³/mol. The summed E-state index contributed by atoms with van der Waals surface area (Å²) in [5.41, 5.74) is 1.63. The van der Waals surface area contributed by atoms with Crippen molar-refractivity contribution in [2.24, 2.45) is 0 Å². The number of hydrogen-bond donors (Lipinski definition) is 2. The zero-order valence-corrected chi connectivity index (χ0v) is 16.9. The summed E-state index contributed by atoms with van der Waals surface area (Å²) in [6.07, 6.45) is 0.0274. The van der Waals surface area contributed by atoms with Gasteiger partial charge >= 0.3 is 5.97 Å². The Labute approximate surface area is 171 Å². The quantitative estimate of drug-likeness (QED) is 0.545. The van der Waals surface area contributed by atoms with Crippen LogP contribution in [0.2, 0.25) is 0 Å². The molecule has 2 aromatic heterocycles. The molecule has 2 N–H and O–H groups in total. The molecule has 0 spiro atoms. The molecule has 0 fully saturated rings. The molecule has 3 rings (SSSR count). The van der Waals surface area contributed by atoms with E-state index in [4.69, 9.17) is 4.74 Å². The van der Waals surface area contributed by atoms with E-state index in [2.05, 4.69) is 20.5 Å². The average molecular weight is 415 g/mol. The standard InChI is InChI=1S/C19H21N5O4S/c1-3-24(12(2)25)19-21-13(11-29-19)10-28-16(26)8-9-20-18(27)17-14-6-4-5-7-15(14)22-23-17/h4-7,11H,3,8-10H2,1-2H3,(H,20,27)(H,22,23). The first-order chi connectivity index (χ1) is 14.0. The number of anilines is 1. The fourth-order valence-corrected chi connectivity index (χ4v) is 3.62.